The van der Waals surface area contributed by atoms with Crippen LogP contribution in [0, 0.1) is 28.4 Å². The number of non-ortho nitro benzene ring substituents is 1. The Morgan fingerprint density at radius 1 is 1.24 bits per heavy atom. The average Bonchev–Trinajstić information content (AvgIpc) is 2.49. The van der Waals surface area contributed by atoms with E-state index < -0.39 is 4.92 Å². The summed E-state index contributed by atoms with van der Waals surface area (Å²) in [5.74, 6) is 0.625. The number of carbonyl (C=O) groups is 1. The molecule has 0 amide bonds. The van der Waals surface area contributed by atoms with E-state index in [0.717, 1.165) is 11.6 Å². The molecule has 0 radical (unpaired) electrons. The number of carbonyl (C=O) groups excluding carboxylic acids is 1. The number of hydrogen-bond donors (Lipinski definition) is 0. The minimum Gasteiger partial charge on any atom is -0.456 e. The number of aryl methyl sites for hydroxylation is 1. The fourth-order valence-electron chi connectivity index (χ4n) is 1.73. The van der Waals surface area contributed by atoms with Crippen molar-refractivity contribution in [2.24, 2.45) is 0 Å². The fraction of sp³-hybridized carbons (Fsp3) is 0.0667. The van der Waals surface area contributed by atoms with Crippen molar-refractivity contribution < 1.29 is 14.5 Å². The first-order chi connectivity index (χ1) is 10.0. The van der Waals surface area contributed by atoms with Crippen molar-refractivity contribution in [1.29, 1.82) is 5.26 Å². The number of ether oxygens (including phenoxy) is 1. The van der Waals surface area contributed by atoms with Crippen LogP contribution in [-0.2, 0) is 0 Å². The lowest BCUT2D eigenvalue weighted by atomic mass is 10.1. The van der Waals surface area contributed by atoms with Gasteiger partial charge in [-0.1, -0.05) is 6.07 Å². The molecule has 0 saturated heterocycles. The van der Waals surface area contributed by atoms with Gasteiger partial charge in [0, 0.05) is 12.1 Å². The lowest BCUT2D eigenvalue weighted by molar-refractivity contribution is -0.384. The number of nitriles is 1. The van der Waals surface area contributed by atoms with E-state index >= 15 is 0 Å². The first-order valence-electron chi connectivity index (χ1n) is 5.97. The molecule has 0 aliphatic carbocycles. The third kappa shape index (κ3) is 3.04. The highest BCUT2D eigenvalue weighted by Gasteiger charge is 2.13. The van der Waals surface area contributed by atoms with E-state index in [9.17, 15) is 14.9 Å². The van der Waals surface area contributed by atoms with Crippen molar-refractivity contribution in [2.75, 3.05) is 0 Å². The van der Waals surface area contributed by atoms with Crippen molar-refractivity contribution in [3.63, 3.8) is 0 Å². The van der Waals surface area contributed by atoms with E-state index in [1.807, 2.05) is 6.07 Å². The van der Waals surface area contributed by atoms with Gasteiger partial charge in [0.1, 0.15) is 11.5 Å². The fourth-order valence-corrected chi connectivity index (χ4v) is 1.73. The van der Waals surface area contributed by atoms with Gasteiger partial charge < -0.3 is 4.74 Å². The van der Waals surface area contributed by atoms with Crippen LogP contribution in [0.5, 0.6) is 11.5 Å². The largest absolute Gasteiger partial charge is 0.456 e. The van der Waals surface area contributed by atoms with Gasteiger partial charge >= 0.3 is 0 Å². The molecule has 2 aromatic carbocycles. The van der Waals surface area contributed by atoms with E-state index in [2.05, 4.69) is 0 Å². The second-order valence-electron chi connectivity index (χ2n) is 4.29. The molecule has 6 heteroatoms. The number of nitro benzene ring substituents is 1. The monoisotopic (exact) mass is 282 g/mol. The highest BCUT2D eigenvalue weighted by Crippen LogP contribution is 2.30. The lowest BCUT2D eigenvalue weighted by Gasteiger charge is -2.10. The molecule has 0 fully saturated rings. The van der Waals surface area contributed by atoms with E-state index in [1.54, 1.807) is 25.1 Å². The smallest absolute Gasteiger partial charge is 0.270 e. The van der Waals surface area contributed by atoms with Crippen molar-refractivity contribution in [2.45, 2.75) is 6.92 Å². The molecule has 0 atom stereocenters. The lowest BCUT2D eigenvalue weighted by Crippen LogP contribution is -1.95. The second kappa shape index (κ2) is 5.84. The molecular formula is C15H10N2O4. The van der Waals surface area contributed by atoms with Gasteiger partial charge in [0.15, 0.2) is 6.29 Å². The van der Waals surface area contributed by atoms with Crippen molar-refractivity contribution >= 4 is 12.0 Å². The zero-order chi connectivity index (χ0) is 15.4. The summed E-state index contributed by atoms with van der Waals surface area (Å²) < 4.78 is 5.60. The van der Waals surface area contributed by atoms with Gasteiger partial charge in [0.2, 0.25) is 0 Å². The molecule has 0 bridgehead atoms. The van der Waals surface area contributed by atoms with E-state index in [0.29, 0.717) is 17.6 Å². The zero-order valence-corrected chi connectivity index (χ0v) is 11.1. The van der Waals surface area contributed by atoms with Crippen LogP contribution in [0.3, 0.4) is 0 Å². The molecule has 0 aromatic heterocycles. The molecule has 0 heterocycles. The minimum absolute atomic E-state index is 0.0750. The molecule has 0 spiro atoms. The van der Waals surface area contributed by atoms with Gasteiger partial charge in [-0.3, -0.25) is 14.9 Å². The molecule has 104 valence electrons. The standard InChI is InChI=1S/C15H10N2O4/c1-10-2-3-11(8-16)6-15(10)21-14-5-4-13(17(19)20)7-12(14)9-18/h2-7,9H,1H3. The summed E-state index contributed by atoms with van der Waals surface area (Å²) in [6.45, 7) is 1.79. The molecule has 2 rings (SSSR count). The van der Waals surface area contributed by atoms with Crippen LogP contribution >= 0.6 is 0 Å². The van der Waals surface area contributed by atoms with Gasteiger partial charge in [-0.15, -0.1) is 0 Å². The molecule has 0 saturated carbocycles. The van der Waals surface area contributed by atoms with Crippen molar-refractivity contribution in [1.82, 2.24) is 0 Å². The van der Waals surface area contributed by atoms with Gasteiger partial charge in [0.05, 0.1) is 22.1 Å². The molecule has 21 heavy (non-hydrogen) atoms. The Morgan fingerprint density at radius 2 is 2.00 bits per heavy atom. The van der Waals surface area contributed by atoms with Crippen LogP contribution in [0.2, 0.25) is 0 Å². The minimum atomic E-state index is -0.585. The van der Waals surface area contributed by atoms with Gasteiger partial charge in [-0.25, -0.2) is 0 Å². The molecular weight excluding hydrogens is 272 g/mol. The summed E-state index contributed by atoms with van der Waals surface area (Å²) in [7, 11) is 0. The van der Waals surface area contributed by atoms with Crippen molar-refractivity contribution in [3.05, 3.63) is 63.2 Å². The maximum Gasteiger partial charge on any atom is 0.270 e. The number of nitrogens with zero attached hydrogens (tertiary/aromatic N) is 2. The normalized spacial score (nSPS) is 9.71. The number of rotatable bonds is 4. The number of nitro groups is 1. The molecule has 0 aliphatic heterocycles. The highest BCUT2D eigenvalue weighted by atomic mass is 16.6. The van der Waals surface area contributed by atoms with Gasteiger partial charge in [-0.2, -0.15) is 5.26 Å². The summed E-state index contributed by atoms with van der Waals surface area (Å²) in [5, 5.41) is 19.6. The topological polar surface area (TPSA) is 93.2 Å². The van der Waals surface area contributed by atoms with Crippen molar-refractivity contribution in [3.8, 4) is 17.6 Å². The Balaban J connectivity index is 2.42. The first kappa shape index (κ1) is 14.2. The summed E-state index contributed by atoms with van der Waals surface area (Å²) >= 11 is 0. The Bertz CT molecular complexity index is 763. The molecule has 6 nitrogen and oxygen atoms in total. The molecule has 0 aliphatic rings. The quantitative estimate of drug-likeness (QED) is 0.486. The highest BCUT2D eigenvalue weighted by molar-refractivity contribution is 5.81. The second-order valence-corrected chi connectivity index (χ2v) is 4.29. The summed E-state index contributed by atoms with van der Waals surface area (Å²) in [4.78, 5) is 21.1. The Hall–Kier alpha value is -3.20. The SMILES string of the molecule is Cc1ccc(C#N)cc1Oc1ccc([N+](=O)[O-])cc1C=O. The summed E-state index contributed by atoms with van der Waals surface area (Å²) in [6, 6.07) is 10.7. The number of benzene rings is 2. The number of aldehydes is 1. The summed E-state index contributed by atoms with van der Waals surface area (Å²) in [5.41, 5.74) is 1.09. The van der Waals surface area contributed by atoms with Crippen LogP contribution in [0.1, 0.15) is 21.5 Å². The van der Waals surface area contributed by atoms with Crippen LogP contribution in [0.4, 0.5) is 5.69 Å². The first-order valence-corrected chi connectivity index (χ1v) is 5.97. The van der Waals surface area contributed by atoms with Crippen LogP contribution in [0.25, 0.3) is 0 Å². The summed E-state index contributed by atoms with van der Waals surface area (Å²) in [6.07, 6.45) is 0.492. The molecule has 2 aromatic rings. The third-order valence-corrected chi connectivity index (χ3v) is 2.87. The Morgan fingerprint density at radius 3 is 2.62 bits per heavy atom. The van der Waals surface area contributed by atoms with Crippen LogP contribution < -0.4 is 4.74 Å². The number of hydrogen-bond acceptors (Lipinski definition) is 5. The van der Waals surface area contributed by atoms with E-state index in [-0.39, 0.29) is 17.0 Å². The average molecular weight is 282 g/mol. The predicted molar refractivity (Wildman–Crippen MR) is 74.5 cm³/mol. The van der Waals surface area contributed by atoms with Gasteiger partial charge in [0.25, 0.3) is 5.69 Å². The van der Waals surface area contributed by atoms with Crippen LogP contribution in [0.15, 0.2) is 36.4 Å². The van der Waals surface area contributed by atoms with Gasteiger partial charge in [-0.05, 0) is 30.7 Å². The Labute approximate surface area is 120 Å². The Kier molecular flexibility index (Phi) is 3.95. The zero-order valence-electron chi connectivity index (χ0n) is 11.1. The third-order valence-electron chi connectivity index (χ3n) is 2.87. The van der Waals surface area contributed by atoms with Crippen LogP contribution in [-0.4, -0.2) is 11.2 Å². The van der Waals surface area contributed by atoms with E-state index in [4.69, 9.17) is 10.00 Å². The molecule has 0 unspecified atom stereocenters. The van der Waals surface area contributed by atoms with E-state index in [1.165, 1.54) is 12.1 Å². The maximum absolute atomic E-state index is 11.0. The maximum atomic E-state index is 11.0. The molecule has 0 N–H and O–H groups in total. The predicted octanol–water partition coefficient (Wildman–Crippen LogP) is 3.38.